The second-order valence-corrected chi connectivity index (χ2v) is 8.86. The van der Waals surface area contributed by atoms with Crippen LogP contribution in [0.5, 0.6) is 0 Å². The van der Waals surface area contributed by atoms with E-state index in [4.69, 9.17) is 0 Å². The molecule has 1 nitrogen and oxygen atoms in total. The molecule has 0 bridgehead atoms. The molecule has 1 aliphatic heterocycles. The Labute approximate surface area is 102 Å². The average molecular weight is 240 g/mol. The zero-order chi connectivity index (χ0) is 12.4. The van der Waals surface area contributed by atoms with Crippen molar-refractivity contribution in [1.29, 1.82) is 0 Å². The van der Waals surface area contributed by atoms with Gasteiger partial charge in [-0.15, -0.1) is 0 Å². The van der Waals surface area contributed by atoms with Crippen molar-refractivity contribution in [2.24, 2.45) is 16.2 Å². The van der Waals surface area contributed by atoms with Crippen LogP contribution in [0.1, 0.15) is 54.4 Å². The van der Waals surface area contributed by atoms with Crippen LogP contribution in [0.25, 0.3) is 0 Å². The number of hydrogen-bond acceptors (Lipinski definition) is 1. The van der Waals surface area contributed by atoms with Crippen molar-refractivity contribution in [2.75, 3.05) is 5.75 Å². The summed E-state index contributed by atoms with van der Waals surface area (Å²) in [5.41, 5.74) is 2.07. The molecule has 0 N–H and O–H groups in total. The lowest BCUT2D eigenvalue weighted by molar-refractivity contribution is 0.411. The molecule has 0 saturated heterocycles. The highest BCUT2D eigenvalue weighted by molar-refractivity contribution is 7.89. The van der Waals surface area contributed by atoms with E-state index in [0.717, 1.165) is 5.75 Å². The normalized spacial score (nSPS) is 29.0. The lowest BCUT2D eigenvalue weighted by atomic mass is 9.74. The lowest BCUT2D eigenvalue weighted by Gasteiger charge is -2.31. The molecule has 0 aromatic heterocycles. The number of allylic oxidation sites excluding steroid dienone is 2. The molecule has 92 valence electrons. The summed E-state index contributed by atoms with van der Waals surface area (Å²) in [5.74, 6) is 0.895. The predicted octanol–water partition coefficient (Wildman–Crippen LogP) is 3.88. The van der Waals surface area contributed by atoms with Gasteiger partial charge in [-0.2, -0.15) is 0 Å². The summed E-state index contributed by atoms with van der Waals surface area (Å²) in [4.78, 5) is 1.25. The van der Waals surface area contributed by atoms with Gasteiger partial charge in [-0.25, -0.2) is 0 Å². The van der Waals surface area contributed by atoms with Gasteiger partial charge in [0.15, 0.2) is 0 Å². The van der Waals surface area contributed by atoms with Crippen LogP contribution in [0.3, 0.4) is 0 Å². The van der Waals surface area contributed by atoms with Gasteiger partial charge in [0.05, 0.1) is 10.8 Å². The van der Waals surface area contributed by atoms with E-state index in [9.17, 15) is 4.21 Å². The Bertz CT molecular complexity index is 373. The fraction of sp³-hybridized carbons (Fsp3) is 0.857. The maximum atomic E-state index is 12.4. The first-order valence-corrected chi connectivity index (χ1v) is 7.54. The van der Waals surface area contributed by atoms with Gasteiger partial charge in [0.25, 0.3) is 0 Å². The molecule has 2 rings (SSSR count). The number of hydrogen-bond donors (Lipinski definition) is 0. The summed E-state index contributed by atoms with van der Waals surface area (Å²) in [6.07, 6.45) is 2.51. The molecule has 0 radical (unpaired) electrons. The quantitative estimate of drug-likeness (QED) is 0.628. The number of rotatable bonds is 0. The van der Waals surface area contributed by atoms with Crippen molar-refractivity contribution >= 4 is 10.8 Å². The highest BCUT2D eigenvalue weighted by atomic mass is 32.2. The Kier molecular flexibility index (Phi) is 2.48. The van der Waals surface area contributed by atoms with E-state index in [1.54, 1.807) is 0 Å². The second kappa shape index (κ2) is 3.22. The Morgan fingerprint density at radius 3 is 1.81 bits per heavy atom. The van der Waals surface area contributed by atoms with Crippen molar-refractivity contribution in [3.63, 3.8) is 0 Å². The minimum Gasteiger partial charge on any atom is -0.255 e. The Morgan fingerprint density at radius 2 is 1.50 bits per heavy atom. The van der Waals surface area contributed by atoms with Gasteiger partial charge >= 0.3 is 0 Å². The Balaban J connectivity index is 2.60. The van der Waals surface area contributed by atoms with E-state index in [0.29, 0.717) is 5.41 Å². The summed E-state index contributed by atoms with van der Waals surface area (Å²) in [5, 5.41) is 0. The first-order valence-electron chi connectivity index (χ1n) is 6.22. The molecule has 2 heteroatoms. The third-order valence-electron chi connectivity index (χ3n) is 3.68. The lowest BCUT2D eigenvalue weighted by Crippen LogP contribution is -2.21. The molecule has 1 saturated carbocycles. The van der Waals surface area contributed by atoms with Crippen LogP contribution in [0.2, 0.25) is 0 Å². The maximum absolute atomic E-state index is 12.4. The van der Waals surface area contributed by atoms with Crippen LogP contribution < -0.4 is 0 Å². The predicted molar refractivity (Wildman–Crippen MR) is 70.6 cm³/mol. The molecule has 1 spiro atoms. The third kappa shape index (κ3) is 1.79. The van der Waals surface area contributed by atoms with Crippen molar-refractivity contribution in [3.8, 4) is 0 Å². The average Bonchev–Trinajstić information content (AvgIpc) is 2.66. The first kappa shape index (κ1) is 12.3. The van der Waals surface area contributed by atoms with E-state index in [1.807, 2.05) is 0 Å². The highest BCUT2D eigenvalue weighted by Gasteiger charge is 2.57. The van der Waals surface area contributed by atoms with Gasteiger partial charge in [0.1, 0.15) is 0 Å². The zero-order valence-corrected chi connectivity index (χ0v) is 12.3. The van der Waals surface area contributed by atoms with E-state index < -0.39 is 10.8 Å². The SMILES string of the molecule is CC(C)(C)C1=C(C(C)(C)C)C2(CC2)CS1=O. The fourth-order valence-corrected chi connectivity index (χ4v) is 5.66. The van der Waals surface area contributed by atoms with Crippen LogP contribution >= 0.6 is 0 Å². The molecule has 1 atom stereocenters. The minimum atomic E-state index is -0.734. The largest absolute Gasteiger partial charge is 0.255 e. The fourth-order valence-electron chi connectivity index (χ4n) is 3.15. The highest BCUT2D eigenvalue weighted by Crippen LogP contribution is 2.64. The van der Waals surface area contributed by atoms with Gasteiger partial charge < -0.3 is 0 Å². The Morgan fingerprint density at radius 1 is 1.00 bits per heavy atom. The molecule has 16 heavy (non-hydrogen) atoms. The van der Waals surface area contributed by atoms with Crippen LogP contribution in [-0.2, 0) is 10.8 Å². The van der Waals surface area contributed by atoms with Gasteiger partial charge in [-0.3, -0.25) is 4.21 Å². The molecule has 0 amide bonds. The van der Waals surface area contributed by atoms with Crippen LogP contribution in [0.4, 0.5) is 0 Å². The molecule has 0 aromatic carbocycles. The second-order valence-electron chi connectivity index (χ2n) is 7.47. The van der Waals surface area contributed by atoms with E-state index in [2.05, 4.69) is 41.5 Å². The molecule has 2 aliphatic rings. The summed E-state index contributed by atoms with van der Waals surface area (Å²) in [6, 6.07) is 0. The third-order valence-corrected chi connectivity index (χ3v) is 5.76. The summed E-state index contributed by atoms with van der Waals surface area (Å²) < 4.78 is 12.4. The molecular weight excluding hydrogens is 216 g/mol. The molecule has 1 unspecified atom stereocenters. The summed E-state index contributed by atoms with van der Waals surface area (Å²) >= 11 is 0. The van der Waals surface area contributed by atoms with Gasteiger partial charge in [-0.05, 0) is 29.2 Å². The van der Waals surface area contributed by atoms with E-state index in [1.165, 1.54) is 23.3 Å². The van der Waals surface area contributed by atoms with Gasteiger partial charge in [0.2, 0.25) is 0 Å². The molecule has 1 aliphatic carbocycles. The van der Waals surface area contributed by atoms with Crippen LogP contribution in [0, 0.1) is 16.2 Å². The van der Waals surface area contributed by atoms with E-state index in [-0.39, 0.29) is 10.8 Å². The minimum absolute atomic E-state index is 0.0551. The van der Waals surface area contributed by atoms with Crippen LogP contribution in [0.15, 0.2) is 10.5 Å². The van der Waals surface area contributed by atoms with Crippen LogP contribution in [-0.4, -0.2) is 9.96 Å². The summed E-state index contributed by atoms with van der Waals surface area (Å²) in [7, 11) is -0.734. The molecular formula is C14H24OS. The molecule has 0 aromatic rings. The van der Waals surface area contributed by atoms with Gasteiger partial charge in [-0.1, -0.05) is 41.5 Å². The van der Waals surface area contributed by atoms with E-state index >= 15 is 0 Å². The standard InChI is InChI=1S/C14H24OS/c1-12(2,3)10-11(13(4,5)6)16(15)9-14(10)7-8-14/h7-9H2,1-6H3. The van der Waals surface area contributed by atoms with Crippen molar-refractivity contribution in [2.45, 2.75) is 54.4 Å². The smallest absolute Gasteiger partial charge is 0.0502 e. The Hall–Kier alpha value is -0.110. The molecule has 1 fully saturated rings. The summed E-state index contributed by atoms with van der Waals surface area (Å²) in [6.45, 7) is 13.4. The maximum Gasteiger partial charge on any atom is 0.0502 e. The topological polar surface area (TPSA) is 17.1 Å². The van der Waals surface area contributed by atoms with Crippen molar-refractivity contribution < 1.29 is 4.21 Å². The zero-order valence-electron chi connectivity index (χ0n) is 11.4. The molecule has 1 heterocycles. The van der Waals surface area contributed by atoms with Crippen molar-refractivity contribution in [3.05, 3.63) is 10.5 Å². The van der Waals surface area contributed by atoms with Gasteiger partial charge in [0, 0.05) is 16.1 Å². The first-order chi connectivity index (χ1) is 7.08. The van der Waals surface area contributed by atoms with Crippen molar-refractivity contribution in [1.82, 2.24) is 0 Å². The monoisotopic (exact) mass is 240 g/mol.